The zero-order valence-electron chi connectivity index (χ0n) is 15.5. The maximum Gasteiger partial charge on any atom is 0.306 e. The Kier molecular flexibility index (Phi) is 5.59. The molecule has 2 aromatic rings. The van der Waals surface area contributed by atoms with Gasteiger partial charge in [0.2, 0.25) is 0 Å². The molecule has 1 aliphatic heterocycles. The van der Waals surface area contributed by atoms with Crippen molar-refractivity contribution in [3.8, 4) is 11.5 Å². The minimum Gasteiger partial charge on any atom is -0.487 e. The van der Waals surface area contributed by atoms with Crippen molar-refractivity contribution in [1.29, 1.82) is 0 Å². The molecule has 2 aromatic carbocycles. The van der Waals surface area contributed by atoms with Crippen LogP contribution in [-0.4, -0.2) is 16.7 Å². The number of rotatable bonds is 6. The van der Waals surface area contributed by atoms with Crippen LogP contribution in [0.5, 0.6) is 11.5 Å². The van der Waals surface area contributed by atoms with Gasteiger partial charge in [0.15, 0.2) is 0 Å². The topological polar surface area (TPSA) is 55.8 Å². The molecule has 0 aliphatic carbocycles. The molecule has 0 fully saturated rings. The third-order valence-corrected chi connectivity index (χ3v) is 5.06. The van der Waals surface area contributed by atoms with E-state index in [9.17, 15) is 4.79 Å². The van der Waals surface area contributed by atoms with Gasteiger partial charge < -0.3 is 14.6 Å². The predicted octanol–water partition coefficient (Wildman–Crippen LogP) is 5.55. The van der Waals surface area contributed by atoms with E-state index in [0.29, 0.717) is 22.2 Å². The van der Waals surface area contributed by atoms with Gasteiger partial charge in [-0.15, -0.1) is 0 Å². The lowest BCUT2D eigenvalue weighted by molar-refractivity contribution is -0.141. The standard InChI is InChI=1S/C21H22Cl2O4/c1-12(20(24)25)6-13-4-5-18(17(23)7-13)26-11-15-9-16(22)8-14-10-21(2,3)27-19(14)15/h4-5,7-9,12H,6,10-11H2,1-3H3,(H,24,25). The molecule has 144 valence electrons. The minimum absolute atomic E-state index is 0.262. The Morgan fingerprint density at radius 3 is 2.70 bits per heavy atom. The zero-order valence-corrected chi connectivity index (χ0v) is 17.0. The SMILES string of the molecule is CC(Cc1ccc(OCc2cc(Cl)cc3c2OC(C)(C)C3)c(Cl)c1)C(=O)O. The van der Waals surface area contributed by atoms with E-state index in [2.05, 4.69) is 0 Å². The number of carbonyl (C=O) groups is 1. The third kappa shape index (κ3) is 4.69. The first-order chi connectivity index (χ1) is 12.6. The van der Waals surface area contributed by atoms with Crippen molar-refractivity contribution in [3.63, 3.8) is 0 Å². The van der Waals surface area contributed by atoms with Crippen molar-refractivity contribution in [2.45, 2.75) is 45.8 Å². The number of ether oxygens (including phenoxy) is 2. The summed E-state index contributed by atoms with van der Waals surface area (Å²) in [6.45, 7) is 6.03. The Labute approximate surface area is 169 Å². The zero-order chi connectivity index (χ0) is 19.8. The quantitative estimate of drug-likeness (QED) is 0.680. The van der Waals surface area contributed by atoms with Crippen LogP contribution in [0.25, 0.3) is 0 Å². The van der Waals surface area contributed by atoms with Crippen LogP contribution >= 0.6 is 23.2 Å². The highest BCUT2D eigenvalue weighted by Crippen LogP contribution is 2.40. The fraction of sp³-hybridized carbons (Fsp3) is 0.381. The van der Waals surface area contributed by atoms with E-state index in [1.165, 1.54) is 0 Å². The van der Waals surface area contributed by atoms with Crippen LogP contribution in [0, 0.1) is 5.92 Å². The summed E-state index contributed by atoms with van der Waals surface area (Å²) in [4.78, 5) is 11.0. The van der Waals surface area contributed by atoms with Gasteiger partial charge in [-0.1, -0.05) is 36.2 Å². The lowest BCUT2D eigenvalue weighted by Crippen LogP contribution is -2.25. The molecule has 6 heteroatoms. The first-order valence-corrected chi connectivity index (χ1v) is 9.54. The van der Waals surface area contributed by atoms with E-state index >= 15 is 0 Å². The molecular weight excluding hydrogens is 387 g/mol. The molecule has 0 saturated carbocycles. The molecule has 27 heavy (non-hydrogen) atoms. The predicted molar refractivity (Wildman–Crippen MR) is 106 cm³/mol. The molecule has 4 nitrogen and oxygen atoms in total. The van der Waals surface area contributed by atoms with E-state index in [1.54, 1.807) is 19.1 Å². The highest BCUT2D eigenvalue weighted by molar-refractivity contribution is 6.32. The first-order valence-electron chi connectivity index (χ1n) is 8.79. The van der Waals surface area contributed by atoms with Gasteiger partial charge in [-0.05, 0) is 55.7 Å². The van der Waals surface area contributed by atoms with Crippen molar-refractivity contribution in [3.05, 3.63) is 57.1 Å². The maximum absolute atomic E-state index is 11.0. The number of fused-ring (bicyclic) bond motifs is 1. The summed E-state index contributed by atoms with van der Waals surface area (Å²) in [5.74, 6) is 0.0633. The molecule has 0 spiro atoms. The number of carboxylic acid groups (broad SMARTS) is 1. The monoisotopic (exact) mass is 408 g/mol. The average Bonchev–Trinajstić information content (AvgIpc) is 2.87. The molecule has 1 heterocycles. The van der Waals surface area contributed by atoms with Crippen LogP contribution in [-0.2, 0) is 24.2 Å². The highest BCUT2D eigenvalue weighted by Gasteiger charge is 2.32. The van der Waals surface area contributed by atoms with Crippen LogP contribution in [0.2, 0.25) is 10.0 Å². The van der Waals surface area contributed by atoms with E-state index in [1.807, 2.05) is 32.0 Å². The number of carboxylic acids is 1. The summed E-state index contributed by atoms with van der Waals surface area (Å²) in [5, 5.41) is 10.1. The molecule has 0 radical (unpaired) electrons. The Balaban J connectivity index is 1.74. The third-order valence-electron chi connectivity index (χ3n) is 4.54. The van der Waals surface area contributed by atoms with Gasteiger partial charge in [-0.2, -0.15) is 0 Å². The second-order valence-electron chi connectivity index (χ2n) is 7.59. The average molecular weight is 409 g/mol. The van der Waals surface area contributed by atoms with Crippen LogP contribution in [0.3, 0.4) is 0 Å². The highest BCUT2D eigenvalue weighted by atomic mass is 35.5. The molecular formula is C21H22Cl2O4. The van der Waals surface area contributed by atoms with Crippen molar-refractivity contribution < 1.29 is 19.4 Å². The fourth-order valence-electron chi connectivity index (χ4n) is 3.24. The van der Waals surface area contributed by atoms with E-state index in [4.69, 9.17) is 37.8 Å². The summed E-state index contributed by atoms with van der Waals surface area (Å²) < 4.78 is 11.9. The van der Waals surface area contributed by atoms with Crippen LogP contribution in [0.4, 0.5) is 0 Å². The van der Waals surface area contributed by atoms with Gasteiger partial charge in [-0.25, -0.2) is 0 Å². The number of benzene rings is 2. The summed E-state index contributed by atoms with van der Waals surface area (Å²) >= 11 is 12.6. The number of aliphatic carboxylic acids is 1. The Bertz CT molecular complexity index is 877. The lowest BCUT2D eigenvalue weighted by Gasteiger charge is -2.18. The lowest BCUT2D eigenvalue weighted by atomic mass is 10.0. The normalized spacial score (nSPS) is 15.7. The smallest absolute Gasteiger partial charge is 0.306 e. The Morgan fingerprint density at radius 1 is 1.30 bits per heavy atom. The van der Waals surface area contributed by atoms with Gasteiger partial charge in [0.25, 0.3) is 0 Å². The molecule has 1 atom stereocenters. The molecule has 3 rings (SSSR count). The summed E-state index contributed by atoms with van der Waals surface area (Å²) in [7, 11) is 0. The van der Waals surface area contributed by atoms with E-state index in [-0.39, 0.29) is 12.2 Å². The van der Waals surface area contributed by atoms with Crippen LogP contribution < -0.4 is 9.47 Å². The summed E-state index contributed by atoms with van der Waals surface area (Å²) in [5.41, 5.74) is 2.55. The molecule has 0 amide bonds. The van der Waals surface area contributed by atoms with Crippen LogP contribution in [0.1, 0.15) is 37.5 Å². The van der Waals surface area contributed by atoms with Crippen molar-refractivity contribution >= 4 is 29.2 Å². The minimum atomic E-state index is -0.829. The second kappa shape index (κ2) is 7.61. The molecule has 1 N–H and O–H groups in total. The van der Waals surface area contributed by atoms with Gasteiger partial charge >= 0.3 is 5.97 Å². The number of halogens is 2. The summed E-state index contributed by atoms with van der Waals surface area (Å²) in [6, 6.07) is 9.13. The molecule has 0 bridgehead atoms. The van der Waals surface area contributed by atoms with Gasteiger partial charge in [0.1, 0.15) is 23.7 Å². The second-order valence-corrected chi connectivity index (χ2v) is 8.43. The van der Waals surface area contributed by atoms with Crippen molar-refractivity contribution in [2.75, 3.05) is 0 Å². The maximum atomic E-state index is 11.0. The molecule has 0 aromatic heterocycles. The van der Waals surface area contributed by atoms with Gasteiger partial charge in [0, 0.05) is 17.0 Å². The fourth-order valence-corrected chi connectivity index (χ4v) is 3.76. The van der Waals surface area contributed by atoms with Gasteiger partial charge in [0.05, 0.1) is 10.9 Å². The largest absolute Gasteiger partial charge is 0.487 e. The molecule has 0 saturated heterocycles. The molecule has 1 aliphatic rings. The van der Waals surface area contributed by atoms with Crippen molar-refractivity contribution in [2.24, 2.45) is 5.92 Å². The van der Waals surface area contributed by atoms with E-state index in [0.717, 1.165) is 28.9 Å². The number of hydrogen-bond donors (Lipinski definition) is 1. The Hall–Kier alpha value is -1.91. The first kappa shape index (κ1) is 19.8. The summed E-state index contributed by atoms with van der Waals surface area (Å²) in [6.07, 6.45) is 1.22. The van der Waals surface area contributed by atoms with Gasteiger partial charge in [-0.3, -0.25) is 4.79 Å². The van der Waals surface area contributed by atoms with Crippen molar-refractivity contribution in [1.82, 2.24) is 0 Å². The number of hydrogen-bond acceptors (Lipinski definition) is 3. The van der Waals surface area contributed by atoms with Crippen LogP contribution in [0.15, 0.2) is 30.3 Å². The van der Waals surface area contributed by atoms with E-state index < -0.39 is 11.9 Å². The molecule has 1 unspecified atom stereocenters. The Morgan fingerprint density at radius 2 is 2.04 bits per heavy atom.